The van der Waals surface area contributed by atoms with E-state index in [1.165, 1.54) is 347 Å². The van der Waals surface area contributed by atoms with Gasteiger partial charge < -0.3 is 37.9 Å². The van der Waals surface area contributed by atoms with Gasteiger partial charge >= 0.3 is 11.9 Å². The third-order valence-corrected chi connectivity index (χ3v) is 26.5. The van der Waals surface area contributed by atoms with Crippen molar-refractivity contribution >= 4 is 44.6 Å². The Hall–Kier alpha value is -7.94. The van der Waals surface area contributed by atoms with Crippen molar-refractivity contribution in [2.75, 3.05) is 39.6 Å². The Labute approximate surface area is 804 Å². The molecule has 14 nitrogen and oxygen atoms in total. The van der Waals surface area contributed by atoms with Crippen molar-refractivity contribution in [1.82, 2.24) is 0 Å². The maximum absolute atomic E-state index is 15.1. The number of nitriles is 4. The molecule has 132 heavy (non-hydrogen) atoms. The molecule has 0 unspecified atom stereocenters. The molecule has 0 saturated carbocycles. The first-order valence-electron chi connectivity index (χ1n) is 55.1. The van der Waals surface area contributed by atoms with E-state index in [0.29, 0.717) is 84.9 Å². The lowest BCUT2D eigenvalue weighted by Crippen LogP contribution is -2.19. The fourth-order valence-corrected chi connectivity index (χ4v) is 18.3. The molecule has 0 amide bonds. The zero-order chi connectivity index (χ0) is 94.3. The van der Waals surface area contributed by atoms with Crippen molar-refractivity contribution in [3.63, 3.8) is 0 Å². The van der Waals surface area contributed by atoms with Crippen molar-refractivity contribution in [2.45, 2.75) is 504 Å². The van der Waals surface area contributed by atoms with Crippen LogP contribution >= 0.6 is 0 Å². The van der Waals surface area contributed by atoms with E-state index in [4.69, 9.17) is 37.9 Å². The molecule has 0 atom stereocenters. The Morgan fingerprint density at radius 1 is 0.212 bits per heavy atom. The van der Waals surface area contributed by atoms with Gasteiger partial charge in [0, 0.05) is 10.4 Å². The second-order valence-electron chi connectivity index (χ2n) is 38.2. The van der Waals surface area contributed by atoms with E-state index in [1.54, 1.807) is 60.7 Å². The lowest BCUT2D eigenvalue weighted by atomic mass is 9.93. The maximum atomic E-state index is 15.1. The Kier molecular flexibility index (Phi) is 68.8. The molecule has 0 aliphatic heterocycles. The average molecular weight is 1820 g/mol. The number of unbranched alkanes of at least 4 members (excludes halogenated alkanes) is 66. The first kappa shape index (κ1) is 115. The summed E-state index contributed by atoms with van der Waals surface area (Å²) in [5.74, 6) is 1.37. The first-order valence-corrected chi connectivity index (χ1v) is 55.1. The minimum atomic E-state index is -0.708. The summed E-state index contributed by atoms with van der Waals surface area (Å²) in [7, 11) is 0. The normalized spacial score (nSPS) is 11.2. The number of esters is 2. The highest BCUT2D eigenvalue weighted by Crippen LogP contribution is 2.43. The summed E-state index contributed by atoms with van der Waals surface area (Å²) in [6.45, 7) is 16.2. The summed E-state index contributed by atoms with van der Waals surface area (Å²) >= 11 is 0. The largest absolute Gasteiger partial charge is 0.490 e. The quantitative estimate of drug-likeness (QED) is 0.0154. The van der Waals surface area contributed by atoms with Crippen molar-refractivity contribution in [1.29, 1.82) is 21.0 Å². The van der Waals surface area contributed by atoms with Gasteiger partial charge in [0.05, 0.1) is 50.8 Å². The molecule has 5 rings (SSSR count). The molecular weight excluding hydrogens is 1630 g/mol. The standard InChI is InChI=1S/C118H184N4O10/c1-7-13-19-25-31-37-43-49-55-61-67-73-83-125-109-89-99(90-110(126-84-74-68-62-56-50-44-38-32-26-20-14-8-2)115(109)129-87-77-71-65-59-53-47-41-35-29-23-17-11-5)117(123)131-103-79-81-105-107(93-103)113(101(95-119)96-120)106-82-80-104(94-108(106)114(105)102(97-121)98-122)132-118(124)100-91-111(127-85-75-69-63-57-51-45-39-33-27-21-15-9-3)116(130-88-78-72-66-60-54-48-42-36-30-24-18-12-6)112(92-100)128-86-76-70-64-58-52-46-40-34-28-22-16-10-4/h79-82,89-94H,7-78,83-88H2,1-6H3. The SMILES string of the molecule is CCCCCCCCCCCCCCOc1cc(C(=O)Oc2ccc3c(=C(C#N)C#N)c4cc(OC(=O)c5cc(OCCCCCCCCCCCCCC)c(OCCCCCCCCCCCCCC)c(OCCCCCCCCCCCCCC)c5)ccc4c(=C(C#N)C#N)c3c2)cc(OCCCCCCCCCCCCCC)c1OCCCCCCCCCCCCCC. The van der Waals surface area contributed by atoms with Crippen LogP contribution in [-0.4, -0.2) is 51.6 Å². The van der Waals surface area contributed by atoms with Gasteiger partial charge in [-0.1, -0.05) is 465 Å². The van der Waals surface area contributed by atoms with Crippen LogP contribution < -0.4 is 48.3 Å². The molecule has 0 aliphatic carbocycles. The van der Waals surface area contributed by atoms with E-state index >= 15 is 9.59 Å². The van der Waals surface area contributed by atoms with Crippen molar-refractivity contribution in [3.8, 4) is 70.3 Å². The number of carbonyl (C=O) groups is 2. The molecule has 0 radical (unpaired) electrons. The zero-order valence-electron chi connectivity index (χ0n) is 84.8. The van der Waals surface area contributed by atoms with E-state index in [2.05, 4.69) is 65.8 Å². The Bertz CT molecular complexity index is 3740. The fourth-order valence-electron chi connectivity index (χ4n) is 18.3. The van der Waals surface area contributed by atoms with Gasteiger partial charge in [-0.15, -0.1) is 0 Å². The summed E-state index contributed by atoms with van der Waals surface area (Å²) in [5, 5.41) is 45.1. The molecule has 5 aromatic carbocycles. The highest BCUT2D eigenvalue weighted by atomic mass is 16.6. The summed E-state index contributed by atoms with van der Waals surface area (Å²) in [6, 6.07) is 24.8. The van der Waals surface area contributed by atoms with E-state index in [-0.39, 0.29) is 55.0 Å². The van der Waals surface area contributed by atoms with Crippen LogP contribution in [0.5, 0.6) is 46.0 Å². The van der Waals surface area contributed by atoms with Crippen LogP contribution in [0.4, 0.5) is 0 Å². The van der Waals surface area contributed by atoms with Crippen LogP contribution in [0.3, 0.4) is 0 Å². The summed E-state index contributed by atoms with van der Waals surface area (Å²) in [4.78, 5) is 30.2. The third kappa shape index (κ3) is 50.6. The number of fused-ring (bicyclic) bond motifs is 2. The van der Waals surface area contributed by atoms with Crippen LogP contribution in [0, 0.1) is 45.3 Å². The van der Waals surface area contributed by atoms with Crippen molar-refractivity contribution in [2.24, 2.45) is 0 Å². The second kappa shape index (κ2) is 79.3. The van der Waals surface area contributed by atoms with Gasteiger partial charge in [0.15, 0.2) is 23.0 Å². The van der Waals surface area contributed by atoms with Gasteiger partial charge in [0.2, 0.25) is 11.5 Å². The minimum Gasteiger partial charge on any atom is -0.490 e. The van der Waals surface area contributed by atoms with Crippen molar-refractivity contribution in [3.05, 3.63) is 82.2 Å². The van der Waals surface area contributed by atoms with Crippen LogP contribution in [0.2, 0.25) is 0 Å². The number of hydrogen-bond acceptors (Lipinski definition) is 14. The molecule has 5 aromatic rings. The van der Waals surface area contributed by atoms with Gasteiger partial charge in [-0.3, -0.25) is 0 Å². The van der Waals surface area contributed by atoms with Gasteiger partial charge in [-0.05, 0) is 121 Å². The highest BCUT2D eigenvalue weighted by Gasteiger charge is 2.25. The topological polar surface area (TPSA) is 203 Å². The molecule has 0 fully saturated rings. The Balaban J connectivity index is 1.51. The summed E-state index contributed by atoms with van der Waals surface area (Å²) in [5.41, 5.74) is -0.170. The van der Waals surface area contributed by atoms with Crippen LogP contribution in [0.1, 0.15) is 525 Å². The second-order valence-corrected chi connectivity index (χ2v) is 38.2. The monoisotopic (exact) mass is 1820 g/mol. The Morgan fingerprint density at radius 2 is 0.379 bits per heavy atom. The molecule has 14 heteroatoms. The number of ether oxygens (including phenoxy) is 8. The van der Waals surface area contributed by atoms with Gasteiger partial charge in [-0.25, -0.2) is 9.59 Å². The summed E-state index contributed by atoms with van der Waals surface area (Å²) in [6.07, 6.45) is 87.6. The first-order chi connectivity index (χ1) is 65.1. The van der Waals surface area contributed by atoms with Crippen LogP contribution in [0.25, 0.3) is 32.7 Å². The molecule has 0 bridgehead atoms. The number of benzene rings is 5. The van der Waals surface area contributed by atoms with Crippen LogP contribution in [0.15, 0.2) is 60.7 Å². The van der Waals surface area contributed by atoms with E-state index in [0.717, 1.165) is 116 Å². The zero-order valence-corrected chi connectivity index (χ0v) is 84.8. The van der Waals surface area contributed by atoms with E-state index in [9.17, 15) is 21.0 Å². The number of rotatable bonds is 88. The molecule has 0 spiro atoms. The highest BCUT2D eigenvalue weighted by molar-refractivity contribution is 6.07. The number of nitrogens with zero attached hydrogens (tertiary/aromatic N) is 4. The Morgan fingerprint density at radius 3 is 0.553 bits per heavy atom. The molecule has 0 saturated heterocycles. The molecule has 0 heterocycles. The lowest BCUT2D eigenvalue weighted by Gasteiger charge is -2.19. The fraction of sp³-hybridized carbons (Fsp3) is 0.712. The summed E-state index contributed by atoms with van der Waals surface area (Å²) < 4.78 is 53.2. The lowest BCUT2D eigenvalue weighted by molar-refractivity contribution is 0.0724. The number of carbonyl (C=O) groups excluding carboxylic acids is 2. The average Bonchev–Trinajstić information content (AvgIpc) is 0.731. The molecule has 0 aromatic heterocycles. The van der Waals surface area contributed by atoms with Crippen molar-refractivity contribution < 1.29 is 47.5 Å². The third-order valence-electron chi connectivity index (χ3n) is 26.5. The number of hydrogen-bond donors (Lipinski definition) is 0. The molecule has 736 valence electrons. The smallest absolute Gasteiger partial charge is 0.343 e. The molecule has 0 N–H and O–H groups in total. The van der Waals surface area contributed by atoms with Crippen LogP contribution in [-0.2, 0) is 0 Å². The molecular formula is C118H184N4O10. The van der Waals surface area contributed by atoms with Gasteiger partial charge in [0.1, 0.15) is 46.9 Å². The van der Waals surface area contributed by atoms with E-state index in [1.807, 2.05) is 0 Å². The predicted octanol–water partition coefficient (Wildman–Crippen LogP) is 35.3. The van der Waals surface area contributed by atoms with Gasteiger partial charge in [0.25, 0.3) is 0 Å². The minimum absolute atomic E-state index is 0.0798. The predicted molar refractivity (Wildman–Crippen MR) is 552 cm³/mol. The van der Waals surface area contributed by atoms with E-state index < -0.39 is 11.9 Å². The maximum Gasteiger partial charge on any atom is 0.343 e. The van der Waals surface area contributed by atoms with Gasteiger partial charge in [-0.2, -0.15) is 21.0 Å². The molecule has 0 aliphatic rings.